The largest absolute Gasteiger partial charge is 0.396 e. The molecule has 0 bridgehead atoms. The van der Waals surface area contributed by atoms with Crippen molar-refractivity contribution in [1.29, 1.82) is 0 Å². The van der Waals surface area contributed by atoms with Crippen LogP contribution in [0.4, 0.5) is 0 Å². The fourth-order valence-electron chi connectivity index (χ4n) is 1.36. The van der Waals surface area contributed by atoms with Crippen LogP contribution < -0.4 is 0 Å². The molecule has 0 aromatic heterocycles. The van der Waals surface area contributed by atoms with Crippen molar-refractivity contribution in [2.45, 2.75) is 6.42 Å². The molecule has 1 aromatic carbocycles. The van der Waals surface area contributed by atoms with Gasteiger partial charge in [0.1, 0.15) is 0 Å². The zero-order valence-electron chi connectivity index (χ0n) is 8.49. The Hall–Kier alpha value is -0.830. The van der Waals surface area contributed by atoms with Gasteiger partial charge in [-0.15, -0.1) is 0 Å². The molecule has 3 heteroatoms. The quantitative estimate of drug-likeness (QED) is 0.809. The third-order valence-electron chi connectivity index (χ3n) is 2.28. The number of aliphatic hydroxyl groups is 2. The van der Waals surface area contributed by atoms with Crippen LogP contribution in [0.2, 0.25) is 5.02 Å². The molecule has 0 atom stereocenters. The lowest BCUT2D eigenvalue weighted by atomic mass is 9.96. The van der Waals surface area contributed by atoms with Crippen LogP contribution in [0.3, 0.4) is 0 Å². The molecular weight excluding hydrogens is 212 g/mol. The number of benzene rings is 1. The highest BCUT2D eigenvalue weighted by Gasteiger charge is 2.09. The molecule has 0 saturated heterocycles. The average molecular weight is 227 g/mol. The Bertz CT molecular complexity index is 332. The van der Waals surface area contributed by atoms with E-state index in [9.17, 15) is 0 Å². The topological polar surface area (TPSA) is 40.5 Å². The van der Waals surface area contributed by atoms with Crippen molar-refractivity contribution in [3.8, 4) is 0 Å². The SMILES string of the molecule is C=C(CC(CO)CO)c1cccc(Cl)c1. The highest BCUT2D eigenvalue weighted by atomic mass is 35.5. The van der Waals surface area contributed by atoms with Gasteiger partial charge >= 0.3 is 0 Å². The molecule has 0 amide bonds. The monoisotopic (exact) mass is 226 g/mol. The van der Waals surface area contributed by atoms with Crippen LogP contribution in [0.25, 0.3) is 5.57 Å². The lowest BCUT2D eigenvalue weighted by Crippen LogP contribution is -2.11. The van der Waals surface area contributed by atoms with Gasteiger partial charge in [0.25, 0.3) is 0 Å². The van der Waals surface area contributed by atoms with Gasteiger partial charge in [0.05, 0.1) is 0 Å². The summed E-state index contributed by atoms with van der Waals surface area (Å²) < 4.78 is 0. The van der Waals surface area contributed by atoms with Crippen LogP contribution in [0.15, 0.2) is 30.8 Å². The number of allylic oxidation sites excluding steroid dienone is 1. The highest BCUT2D eigenvalue weighted by molar-refractivity contribution is 6.30. The normalized spacial score (nSPS) is 10.7. The van der Waals surface area contributed by atoms with Crippen LogP contribution in [-0.2, 0) is 0 Å². The smallest absolute Gasteiger partial charge is 0.0484 e. The molecule has 0 aliphatic rings. The van der Waals surface area contributed by atoms with Crippen molar-refractivity contribution in [2.75, 3.05) is 13.2 Å². The fraction of sp³-hybridized carbons (Fsp3) is 0.333. The van der Waals surface area contributed by atoms with E-state index in [4.69, 9.17) is 21.8 Å². The third kappa shape index (κ3) is 3.67. The molecule has 1 aromatic rings. The van der Waals surface area contributed by atoms with Crippen LogP contribution >= 0.6 is 11.6 Å². The highest BCUT2D eigenvalue weighted by Crippen LogP contribution is 2.23. The van der Waals surface area contributed by atoms with Gasteiger partial charge in [0.15, 0.2) is 0 Å². The summed E-state index contributed by atoms with van der Waals surface area (Å²) in [7, 11) is 0. The summed E-state index contributed by atoms with van der Waals surface area (Å²) in [5.74, 6) is -0.142. The molecule has 2 nitrogen and oxygen atoms in total. The number of halogens is 1. The molecule has 0 aliphatic heterocycles. The van der Waals surface area contributed by atoms with Crippen LogP contribution in [0.5, 0.6) is 0 Å². The van der Waals surface area contributed by atoms with Crippen molar-refractivity contribution >= 4 is 17.2 Å². The lowest BCUT2D eigenvalue weighted by Gasteiger charge is -2.13. The maximum absolute atomic E-state index is 8.95. The molecule has 1 rings (SSSR count). The number of aliphatic hydroxyl groups excluding tert-OH is 2. The second-order valence-electron chi connectivity index (χ2n) is 3.55. The molecule has 15 heavy (non-hydrogen) atoms. The zero-order valence-corrected chi connectivity index (χ0v) is 9.24. The maximum atomic E-state index is 8.95. The van der Waals surface area contributed by atoms with Crippen LogP contribution in [0, 0.1) is 5.92 Å². The molecule has 2 N–H and O–H groups in total. The van der Waals surface area contributed by atoms with Gasteiger partial charge in [-0.05, 0) is 29.7 Å². The second-order valence-corrected chi connectivity index (χ2v) is 3.99. The van der Waals surface area contributed by atoms with E-state index in [2.05, 4.69) is 6.58 Å². The van der Waals surface area contributed by atoms with Gasteiger partial charge < -0.3 is 10.2 Å². The molecule has 0 unspecified atom stereocenters. The average Bonchev–Trinajstić information content (AvgIpc) is 2.25. The Kier molecular flexibility index (Phi) is 4.82. The molecule has 0 saturated carbocycles. The van der Waals surface area contributed by atoms with Crippen molar-refractivity contribution in [1.82, 2.24) is 0 Å². The first-order chi connectivity index (χ1) is 7.17. The minimum absolute atomic E-state index is 0.0317. The van der Waals surface area contributed by atoms with Gasteiger partial charge in [-0.3, -0.25) is 0 Å². The zero-order chi connectivity index (χ0) is 11.3. The van der Waals surface area contributed by atoms with E-state index >= 15 is 0 Å². The summed E-state index contributed by atoms with van der Waals surface area (Å²) in [5.41, 5.74) is 1.83. The van der Waals surface area contributed by atoms with Gasteiger partial charge in [0, 0.05) is 24.2 Å². The van der Waals surface area contributed by atoms with E-state index in [0.29, 0.717) is 11.4 Å². The van der Waals surface area contributed by atoms with Crippen molar-refractivity contribution in [2.24, 2.45) is 5.92 Å². The lowest BCUT2D eigenvalue weighted by molar-refractivity contribution is 0.153. The predicted octanol–water partition coefficient (Wildman–Crippen LogP) is 2.34. The summed E-state index contributed by atoms with van der Waals surface area (Å²) in [6.07, 6.45) is 0.577. The predicted molar refractivity (Wildman–Crippen MR) is 62.8 cm³/mol. The molecule has 0 radical (unpaired) electrons. The first kappa shape index (κ1) is 12.2. The Morgan fingerprint density at radius 3 is 2.53 bits per heavy atom. The van der Waals surface area contributed by atoms with E-state index in [1.165, 1.54) is 0 Å². The molecule has 82 valence electrons. The Labute approximate surface area is 94.8 Å². The summed E-state index contributed by atoms with van der Waals surface area (Å²) in [6.45, 7) is 3.86. The summed E-state index contributed by atoms with van der Waals surface area (Å²) in [6, 6.07) is 7.40. The van der Waals surface area contributed by atoms with E-state index in [-0.39, 0.29) is 19.1 Å². The van der Waals surface area contributed by atoms with Crippen molar-refractivity contribution in [3.05, 3.63) is 41.4 Å². The number of rotatable bonds is 5. The fourth-order valence-corrected chi connectivity index (χ4v) is 1.55. The van der Waals surface area contributed by atoms with Gasteiger partial charge in [0.2, 0.25) is 0 Å². The van der Waals surface area contributed by atoms with E-state index < -0.39 is 0 Å². The van der Waals surface area contributed by atoms with Crippen LogP contribution in [-0.4, -0.2) is 23.4 Å². The Morgan fingerprint density at radius 2 is 2.00 bits per heavy atom. The molecular formula is C12H15ClO2. The molecule has 0 fully saturated rings. The third-order valence-corrected chi connectivity index (χ3v) is 2.52. The van der Waals surface area contributed by atoms with Gasteiger partial charge in [-0.1, -0.05) is 30.3 Å². The van der Waals surface area contributed by atoms with E-state index in [1.807, 2.05) is 18.2 Å². The first-order valence-electron chi connectivity index (χ1n) is 4.82. The number of hydrogen-bond donors (Lipinski definition) is 2. The molecule has 0 aliphatic carbocycles. The summed E-state index contributed by atoms with van der Waals surface area (Å²) in [4.78, 5) is 0. The summed E-state index contributed by atoms with van der Waals surface area (Å²) in [5, 5.41) is 18.6. The minimum atomic E-state index is -0.142. The van der Waals surface area contributed by atoms with Crippen molar-refractivity contribution in [3.63, 3.8) is 0 Å². The second kappa shape index (κ2) is 5.91. The maximum Gasteiger partial charge on any atom is 0.0484 e. The van der Waals surface area contributed by atoms with Crippen LogP contribution in [0.1, 0.15) is 12.0 Å². The number of hydrogen-bond acceptors (Lipinski definition) is 2. The Morgan fingerprint density at radius 1 is 1.33 bits per heavy atom. The van der Waals surface area contributed by atoms with Crippen molar-refractivity contribution < 1.29 is 10.2 Å². The van der Waals surface area contributed by atoms with Gasteiger partial charge in [-0.2, -0.15) is 0 Å². The Balaban J connectivity index is 2.68. The van der Waals surface area contributed by atoms with E-state index in [0.717, 1.165) is 11.1 Å². The van der Waals surface area contributed by atoms with E-state index in [1.54, 1.807) is 6.07 Å². The summed E-state index contributed by atoms with van der Waals surface area (Å²) >= 11 is 5.85. The minimum Gasteiger partial charge on any atom is -0.396 e. The molecule has 0 spiro atoms. The molecule has 0 heterocycles. The van der Waals surface area contributed by atoms with Gasteiger partial charge in [-0.25, -0.2) is 0 Å². The standard InChI is InChI=1S/C12H15ClO2/c1-9(5-10(7-14)8-15)11-3-2-4-12(13)6-11/h2-4,6,10,14-15H,1,5,7-8H2. The first-order valence-corrected chi connectivity index (χ1v) is 5.20.